The van der Waals surface area contributed by atoms with E-state index in [0.717, 1.165) is 30.6 Å². The van der Waals surface area contributed by atoms with Crippen LogP contribution in [-0.4, -0.2) is 24.4 Å². The second-order valence-corrected chi connectivity index (χ2v) is 4.85. The van der Waals surface area contributed by atoms with E-state index in [9.17, 15) is 9.59 Å². The van der Waals surface area contributed by atoms with Gasteiger partial charge in [0.1, 0.15) is 0 Å². The van der Waals surface area contributed by atoms with Gasteiger partial charge in [0.2, 0.25) is 11.8 Å². The van der Waals surface area contributed by atoms with Gasteiger partial charge in [-0.25, -0.2) is 0 Å². The molecular formula is C14H19N3O2. The van der Waals surface area contributed by atoms with Crippen molar-refractivity contribution in [1.29, 1.82) is 0 Å². The third-order valence-corrected chi connectivity index (χ3v) is 3.19. The fourth-order valence-electron chi connectivity index (χ4n) is 2.17. The molecule has 1 aliphatic rings. The van der Waals surface area contributed by atoms with Crippen LogP contribution in [0.3, 0.4) is 0 Å². The molecule has 19 heavy (non-hydrogen) atoms. The molecule has 1 saturated heterocycles. The molecule has 0 aliphatic carbocycles. The lowest BCUT2D eigenvalue weighted by Gasteiger charge is -2.14. The molecule has 2 rings (SSSR count). The molecule has 0 unspecified atom stereocenters. The van der Waals surface area contributed by atoms with E-state index < -0.39 is 0 Å². The maximum absolute atomic E-state index is 12.0. The topological polar surface area (TPSA) is 70.2 Å². The lowest BCUT2D eigenvalue weighted by molar-refractivity contribution is -0.117. The van der Waals surface area contributed by atoms with Gasteiger partial charge in [-0.15, -0.1) is 0 Å². The van der Waals surface area contributed by atoms with E-state index in [-0.39, 0.29) is 17.9 Å². The summed E-state index contributed by atoms with van der Waals surface area (Å²) in [4.78, 5) is 23.1. The number of hydrogen-bond acceptors (Lipinski definition) is 3. The number of rotatable bonds is 3. The Kier molecular flexibility index (Phi) is 4.16. The smallest absolute Gasteiger partial charge is 0.241 e. The molecule has 1 aliphatic heterocycles. The first-order valence-corrected chi connectivity index (χ1v) is 6.49. The third-order valence-electron chi connectivity index (χ3n) is 3.19. The molecule has 5 heteroatoms. The lowest BCUT2D eigenvalue weighted by Crippen LogP contribution is -2.35. The lowest BCUT2D eigenvalue weighted by atomic mass is 10.1. The number of amides is 2. The number of anilines is 2. The number of benzene rings is 1. The fraction of sp³-hybridized carbons (Fsp3) is 0.429. The van der Waals surface area contributed by atoms with Crippen molar-refractivity contribution in [1.82, 2.24) is 5.32 Å². The second kappa shape index (κ2) is 5.84. The Hall–Kier alpha value is -1.88. The van der Waals surface area contributed by atoms with Crippen molar-refractivity contribution in [3.05, 3.63) is 23.8 Å². The van der Waals surface area contributed by atoms with Gasteiger partial charge in [-0.1, -0.05) is 6.07 Å². The Bertz CT molecular complexity index is 493. The van der Waals surface area contributed by atoms with Crippen molar-refractivity contribution in [3.8, 4) is 0 Å². The molecule has 0 aromatic heterocycles. The van der Waals surface area contributed by atoms with E-state index in [0.29, 0.717) is 5.69 Å². The monoisotopic (exact) mass is 261 g/mol. The molecule has 0 spiro atoms. The van der Waals surface area contributed by atoms with Crippen LogP contribution < -0.4 is 16.0 Å². The Morgan fingerprint density at radius 2 is 2.11 bits per heavy atom. The zero-order chi connectivity index (χ0) is 13.8. The van der Waals surface area contributed by atoms with Crippen LogP contribution in [0.1, 0.15) is 25.3 Å². The Morgan fingerprint density at radius 1 is 1.32 bits per heavy atom. The van der Waals surface area contributed by atoms with Crippen molar-refractivity contribution < 1.29 is 9.59 Å². The molecule has 5 nitrogen and oxygen atoms in total. The zero-order valence-electron chi connectivity index (χ0n) is 11.2. The standard InChI is InChI=1S/C14H19N3O2/c1-9-5-6-11(16-10(2)18)8-13(9)17-14(19)12-4-3-7-15-12/h5-6,8,12,15H,3-4,7H2,1-2H3,(H,16,18)(H,17,19)/t12-/m1/s1. The summed E-state index contributed by atoms with van der Waals surface area (Å²) in [5.74, 6) is -0.140. The summed E-state index contributed by atoms with van der Waals surface area (Å²) in [5, 5.41) is 8.78. The minimum Gasteiger partial charge on any atom is -0.326 e. The van der Waals surface area contributed by atoms with Crippen LogP contribution in [0.15, 0.2) is 18.2 Å². The predicted molar refractivity (Wildman–Crippen MR) is 75.1 cm³/mol. The first-order valence-electron chi connectivity index (χ1n) is 6.49. The predicted octanol–water partition coefficient (Wildman–Crippen LogP) is 1.64. The summed E-state index contributed by atoms with van der Waals surface area (Å²) in [6.07, 6.45) is 1.90. The van der Waals surface area contributed by atoms with Crippen molar-refractivity contribution in [3.63, 3.8) is 0 Å². The Balaban J connectivity index is 2.09. The van der Waals surface area contributed by atoms with Crippen LogP contribution in [0.25, 0.3) is 0 Å². The largest absolute Gasteiger partial charge is 0.326 e. The summed E-state index contributed by atoms with van der Waals surface area (Å²) in [6, 6.07) is 5.37. The number of carbonyl (C=O) groups is 2. The van der Waals surface area contributed by atoms with Crippen LogP contribution in [0, 0.1) is 6.92 Å². The van der Waals surface area contributed by atoms with E-state index in [4.69, 9.17) is 0 Å². The number of nitrogens with one attached hydrogen (secondary N) is 3. The quantitative estimate of drug-likeness (QED) is 0.774. The highest BCUT2D eigenvalue weighted by Gasteiger charge is 2.22. The zero-order valence-corrected chi connectivity index (χ0v) is 11.2. The van der Waals surface area contributed by atoms with Gasteiger partial charge < -0.3 is 16.0 Å². The van der Waals surface area contributed by atoms with Crippen LogP contribution in [-0.2, 0) is 9.59 Å². The normalized spacial score (nSPS) is 18.1. The molecule has 0 radical (unpaired) electrons. The van der Waals surface area contributed by atoms with Crippen LogP contribution >= 0.6 is 0 Å². The minimum atomic E-state index is -0.126. The van der Waals surface area contributed by atoms with Gasteiger partial charge in [0.05, 0.1) is 6.04 Å². The molecule has 1 aromatic rings. The first-order chi connectivity index (χ1) is 9.06. The van der Waals surface area contributed by atoms with Crippen molar-refractivity contribution >= 4 is 23.2 Å². The molecule has 1 aromatic carbocycles. The van der Waals surface area contributed by atoms with Crippen LogP contribution in [0.5, 0.6) is 0 Å². The highest BCUT2D eigenvalue weighted by atomic mass is 16.2. The van der Waals surface area contributed by atoms with Gasteiger partial charge in [0.15, 0.2) is 0 Å². The maximum Gasteiger partial charge on any atom is 0.241 e. The summed E-state index contributed by atoms with van der Waals surface area (Å²) < 4.78 is 0. The van der Waals surface area contributed by atoms with E-state index in [1.807, 2.05) is 19.1 Å². The second-order valence-electron chi connectivity index (χ2n) is 4.85. The third kappa shape index (κ3) is 3.54. The molecule has 2 amide bonds. The number of aryl methyl sites for hydroxylation is 1. The number of hydrogen-bond donors (Lipinski definition) is 3. The molecule has 1 atom stereocenters. The molecule has 1 heterocycles. The van der Waals surface area contributed by atoms with Gasteiger partial charge in [0.25, 0.3) is 0 Å². The molecule has 0 bridgehead atoms. The molecule has 3 N–H and O–H groups in total. The highest BCUT2D eigenvalue weighted by molar-refractivity contribution is 5.97. The first kappa shape index (κ1) is 13.5. The van der Waals surface area contributed by atoms with Gasteiger partial charge in [0, 0.05) is 18.3 Å². The summed E-state index contributed by atoms with van der Waals surface area (Å²) in [5.41, 5.74) is 2.40. The average molecular weight is 261 g/mol. The van der Waals surface area contributed by atoms with Gasteiger partial charge in [-0.05, 0) is 44.0 Å². The summed E-state index contributed by atoms with van der Waals surface area (Å²) in [6.45, 7) is 4.28. The molecule has 0 saturated carbocycles. The molecular weight excluding hydrogens is 242 g/mol. The average Bonchev–Trinajstić information content (AvgIpc) is 2.86. The van der Waals surface area contributed by atoms with Crippen molar-refractivity contribution in [2.24, 2.45) is 0 Å². The van der Waals surface area contributed by atoms with E-state index in [1.165, 1.54) is 6.92 Å². The maximum atomic E-state index is 12.0. The van der Waals surface area contributed by atoms with Crippen LogP contribution in [0.4, 0.5) is 11.4 Å². The fourth-order valence-corrected chi connectivity index (χ4v) is 2.17. The van der Waals surface area contributed by atoms with E-state index in [2.05, 4.69) is 16.0 Å². The summed E-state index contributed by atoms with van der Waals surface area (Å²) in [7, 11) is 0. The van der Waals surface area contributed by atoms with Crippen molar-refractivity contribution in [2.75, 3.05) is 17.2 Å². The van der Waals surface area contributed by atoms with E-state index in [1.54, 1.807) is 6.07 Å². The van der Waals surface area contributed by atoms with Crippen LogP contribution in [0.2, 0.25) is 0 Å². The van der Waals surface area contributed by atoms with Crippen molar-refractivity contribution in [2.45, 2.75) is 32.7 Å². The molecule has 102 valence electrons. The number of carbonyl (C=O) groups excluding carboxylic acids is 2. The highest BCUT2D eigenvalue weighted by Crippen LogP contribution is 2.21. The summed E-state index contributed by atoms with van der Waals surface area (Å²) >= 11 is 0. The van der Waals surface area contributed by atoms with Gasteiger partial charge in [-0.2, -0.15) is 0 Å². The Labute approximate surface area is 112 Å². The van der Waals surface area contributed by atoms with Gasteiger partial charge >= 0.3 is 0 Å². The minimum absolute atomic E-state index is 0.0134. The van der Waals surface area contributed by atoms with Gasteiger partial charge in [-0.3, -0.25) is 9.59 Å². The SMILES string of the molecule is CC(=O)Nc1ccc(C)c(NC(=O)[C@H]2CCCN2)c1. The van der Waals surface area contributed by atoms with E-state index >= 15 is 0 Å². The molecule has 1 fully saturated rings. The Morgan fingerprint density at radius 3 is 2.74 bits per heavy atom.